The third-order valence-electron chi connectivity index (χ3n) is 5.46. The van der Waals surface area contributed by atoms with Gasteiger partial charge in [0.2, 0.25) is 0 Å². The number of carbonyl (C=O) groups is 1. The first kappa shape index (κ1) is 23.1. The minimum absolute atomic E-state index is 0.0683. The van der Waals surface area contributed by atoms with Gasteiger partial charge in [-0.25, -0.2) is 9.79 Å². The van der Waals surface area contributed by atoms with Crippen LogP contribution in [0.3, 0.4) is 0 Å². The molecule has 2 aromatic rings. The van der Waals surface area contributed by atoms with Crippen molar-refractivity contribution in [3.05, 3.63) is 64.7 Å². The number of amidine groups is 1. The number of nitrogens with one attached hydrogen (secondary N) is 1. The van der Waals surface area contributed by atoms with E-state index in [1.807, 2.05) is 42.5 Å². The van der Waals surface area contributed by atoms with Crippen LogP contribution < -0.4 is 5.43 Å². The van der Waals surface area contributed by atoms with Crippen molar-refractivity contribution in [3.63, 3.8) is 0 Å². The van der Waals surface area contributed by atoms with E-state index in [1.165, 1.54) is 0 Å². The number of ether oxygens (including phenoxy) is 1. The van der Waals surface area contributed by atoms with Crippen molar-refractivity contribution in [3.8, 4) is 0 Å². The molecule has 9 heteroatoms. The van der Waals surface area contributed by atoms with E-state index in [-0.39, 0.29) is 12.3 Å². The Morgan fingerprint density at radius 2 is 1.97 bits per heavy atom. The van der Waals surface area contributed by atoms with Gasteiger partial charge in [-0.2, -0.15) is 5.10 Å². The summed E-state index contributed by atoms with van der Waals surface area (Å²) >= 11 is 6.24. The summed E-state index contributed by atoms with van der Waals surface area (Å²) < 4.78 is 5.35. The number of carboxylic acid groups (broad SMARTS) is 1. The second kappa shape index (κ2) is 11.2. The van der Waals surface area contributed by atoms with Crippen LogP contribution in [0.4, 0.5) is 5.69 Å². The number of hydrazone groups is 1. The van der Waals surface area contributed by atoms with E-state index in [1.54, 1.807) is 6.07 Å². The van der Waals surface area contributed by atoms with Gasteiger partial charge in [0.15, 0.2) is 0 Å². The summed E-state index contributed by atoms with van der Waals surface area (Å²) in [4.78, 5) is 23.4. The van der Waals surface area contributed by atoms with Gasteiger partial charge in [0.05, 0.1) is 31.2 Å². The van der Waals surface area contributed by atoms with Crippen molar-refractivity contribution in [1.29, 1.82) is 0 Å². The standard InChI is InChI=1S/C24H26ClN5O3/c25-18-8-9-20-19(15-18)23(17-5-2-1-3-6-17)26-16-22(27-20)29-28-21(24(31)32)7-4-10-30-11-13-33-14-12-30/h1-3,5-6,8-9,15H,4,7,10-14,16H2,(H,27,29)(H,31,32)/b28-21+. The summed E-state index contributed by atoms with van der Waals surface area (Å²) in [6.45, 7) is 4.24. The monoisotopic (exact) mass is 467 g/mol. The molecule has 2 heterocycles. The molecule has 0 unspecified atom stereocenters. The summed E-state index contributed by atoms with van der Waals surface area (Å²) in [6, 6.07) is 15.3. The summed E-state index contributed by atoms with van der Waals surface area (Å²) in [5.74, 6) is -0.573. The topological polar surface area (TPSA) is 98.9 Å². The number of carboxylic acids is 1. The highest BCUT2D eigenvalue weighted by atomic mass is 35.5. The second-order valence-electron chi connectivity index (χ2n) is 7.78. The summed E-state index contributed by atoms with van der Waals surface area (Å²) in [5.41, 5.74) is 6.16. The van der Waals surface area contributed by atoms with Gasteiger partial charge in [0, 0.05) is 35.7 Å². The SMILES string of the molecule is O=C(O)/C(CCCN1CCOCC1)=N/NC1=Nc2ccc(Cl)cc2C(c2ccccc2)=NC1. The first-order chi connectivity index (χ1) is 16.1. The first-order valence-corrected chi connectivity index (χ1v) is 11.3. The molecule has 2 N–H and O–H groups in total. The second-order valence-corrected chi connectivity index (χ2v) is 8.22. The van der Waals surface area contributed by atoms with Crippen LogP contribution in [0.5, 0.6) is 0 Å². The van der Waals surface area contributed by atoms with Crippen LogP contribution >= 0.6 is 11.6 Å². The predicted molar refractivity (Wildman–Crippen MR) is 130 cm³/mol. The highest BCUT2D eigenvalue weighted by Gasteiger charge is 2.18. The molecule has 2 aliphatic rings. The Kier molecular flexibility index (Phi) is 7.83. The number of halogens is 1. The molecular weight excluding hydrogens is 442 g/mol. The highest BCUT2D eigenvalue weighted by Crippen LogP contribution is 2.28. The van der Waals surface area contributed by atoms with Gasteiger partial charge in [-0.15, -0.1) is 0 Å². The molecule has 8 nitrogen and oxygen atoms in total. The normalized spacial score (nSPS) is 16.9. The zero-order valence-corrected chi connectivity index (χ0v) is 19.0. The van der Waals surface area contributed by atoms with E-state index in [0.717, 1.165) is 49.7 Å². The lowest BCUT2D eigenvalue weighted by Gasteiger charge is -2.26. The van der Waals surface area contributed by atoms with Gasteiger partial charge in [0.1, 0.15) is 11.5 Å². The van der Waals surface area contributed by atoms with Crippen LogP contribution in [0.15, 0.2) is 63.6 Å². The van der Waals surface area contributed by atoms with Crippen molar-refractivity contribution in [1.82, 2.24) is 10.3 Å². The summed E-state index contributed by atoms with van der Waals surface area (Å²) in [6.07, 6.45) is 1.06. The number of aliphatic carboxylic acids is 1. The van der Waals surface area contributed by atoms with Crippen molar-refractivity contribution in [2.45, 2.75) is 12.8 Å². The largest absolute Gasteiger partial charge is 0.477 e. The number of fused-ring (bicyclic) bond motifs is 1. The van der Waals surface area contributed by atoms with E-state index in [4.69, 9.17) is 21.3 Å². The Bertz CT molecular complexity index is 1080. The average Bonchev–Trinajstić information content (AvgIpc) is 3.01. The van der Waals surface area contributed by atoms with E-state index < -0.39 is 5.97 Å². The van der Waals surface area contributed by atoms with Crippen LogP contribution in [0.1, 0.15) is 24.0 Å². The molecule has 0 saturated carbocycles. The molecule has 2 aliphatic heterocycles. The zero-order valence-electron chi connectivity index (χ0n) is 18.2. The molecule has 1 saturated heterocycles. The van der Waals surface area contributed by atoms with Crippen molar-refractivity contribution < 1.29 is 14.6 Å². The van der Waals surface area contributed by atoms with E-state index in [2.05, 4.69) is 20.4 Å². The molecule has 1 fully saturated rings. The maximum atomic E-state index is 11.7. The predicted octanol–water partition coefficient (Wildman–Crippen LogP) is 3.36. The van der Waals surface area contributed by atoms with Crippen LogP contribution in [0.25, 0.3) is 0 Å². The minimum Gasteiger partial charge on any atom is -0.477 e. The van der Waals surface area contributed by atoms with Crippen molar-refractivity contribution in [2.75, 3.05) is 39.4 Å². The highest BCUT2D eigenvalue weighted by molar-refractivity contribution is 6.35. The van der Waals surface area contributed by atoms with E-state index in [9.17, 15) is 9.90 Å². The molecule has 0 atom stereocenters. The maximum Gasteiger partial charge on any atom is 0.352 e. The Balaban J connectivity index is 1.49. The van der Waals surface area contributed by atoms with Gasteiger partial charge < -0.3 is 9.84 Å². The number of aliphatic imine (C=N–C) groups is 2. The lowest BCUT2D eigenvalue weighted by Crippen LogP contribution is -2.37. The quantitative estimate of drug-likeness (QED) is 0.480. The zero-order chi connectivity index (χ0) is 23.0. The number of rotatable bonds is 7. The maximum absolute atomic E-state index is 11.7. The van der Waals surface area contributed by atoms with Crippen LogP contribution in [0.2, 0.25) is 5.02 Å². The van der Waals surface area contributed by atoms with Crippen molar-refractivity contribution >= 4 is 40.5 Å². The molecule has 172 valence electrons. The number of nitrogens with zero attached hydrogens (tertiary/aromatic N) is 4. The lowest BCUT2D eigenvalue weighted by molar-refractivity contribution is -0.129. The Morgan fingerprint density at radius 1 is 1.18 bits per heavy atom. The van der Waals surface area contributed by atoms with E-state index in [0.29, 0.717) is 29.4 Å². The molecule has 0 bridgehead atoms. The van der Waals surface area contributed by atoms with Gasteiger partial charge >= 0.3 is 5.97 Å². The summed E-state index contributed by atoms with van der Waals surface area (Å²) in [7, 11) is 0. The van der Waals surface area contributed by atoms with Gasteiger partial charge in [-0.1, -0.05) is 41.9 Å². The van der Waals surface area contributed by atoms with E-state index >= 15 is 0 Å². The smallest absolute Gasteiger partial charge is 0.352 e. The fourth-order valence-corrected chi connectivity index (χ4v) is 3.93. The number of benzene rings is 2. The molecule has 0 aromatic heterocycles. The lowest BCUT2D eigenvalue weighted by atomic mass is 10.0. The van der Waals surface area contributed by atoms with Crippen LogP contribution in [-0.2, 0) is 9.53 Å². The molecule has 2 aromatic carbocycles. The number of hydrogen-bond donors (Lipinski definition) is 2. The molecule has 33 heavy (non-hydrogen) atoms. The fraction of sp³-hybridized carbons (Fsp3) is 0.333. The average molecular weight is 468 g/mol. The number of morpholine rings is 1. The van der Waals surface area contributed by atoms with Gasteiger partial charge in [0.25, 0.3) is 0 Å². The van der Waals surface area contributed by atoms with Crippen LogP contribution in [-0.4, -0.2) is 72.6 Å². The van der Waals surface area contributed by atoms with Gasteiger partial charge in [-0.3, -0.25) is 15.3 Å². The molecular formula is C24H26ClN5O3. The minimum atomic E-state index is -1.04. The molecule has 0 aliphatic carbocycles. The van der Waals surface area contributed by atoms with Crippen LogP contribution in [0, 0.1) is 0 Å². The Labute approximate surface area is 197 Å². The third kappa shape index (κ3) is 6.25. The molecule has 4 rings (SSSR count). The Hall–Kier alpha value is -3.07. The Morgan fingerprint density at radius 3 is 2.73 bits per heavy atom. The molecule has 0 amide bonds. The number of hydrogen-bond acceptors (Lipinski definition) is 7. The molecule has 0 spiro atoms. The van der Waals surface area contributed by atoms with Gasteiger partial charge in [-0.05, 0) is 31.2 Å². The fourth-order valence-electron chi connectivity index (χ4n) is 3.76. The molecule has 0 radical (unpaired) electrons. The first-order valence-electron chi connectivity index (χ1n) is 10.9. The summed E-state index contributed by atoms with van der Waals surface area (Å²) in [5, 5.41) is 14.3. The van der Waals surface area contributed by atoms with Crippen molar-refractivity contribution in [2.24, 2.45) is 15.1 Å². The third-order valence-corrected chi connectivity index (χ3v) is 5.70.